The van der Waals surface area contributed by atoms with Gasteiger partial charge in [-0.3, -0.25) is 0 Å². The molecule has 1 heterocycles. The van der Waals surface area contributed by atoms with Gasteiger partial charge in [-0.2, -0.15) is 0 Å². The first-order valence-electron chi connectivity index (χ1n) is 5.21. The molecule has 17 heavy (non-hydrogen) atoms. The average molecular weight is 295 g/mol. The van der Waals surface area contributed by atoms with Crippen molar-refractivity contribution in [3.63, 3.8) is 0 Å². The Morgan fingerprint density at radius 2 is 1.94 bits per heavy atom. The number of halogens is 2. The van der Waals surface area contributed by atoms with Crippen LogP contribution >= 0.6 is 15.9 Å². The first kappa shape index (κ1) is 12.0. The monoisotopic (exact) mass is 294 g/mol. The van der Waals surface area contributed by atoms with E-state index < -0.39 is 0 Å². The SMILES string of the molecule is Cc1cc(F)cc(Nc2ncc(Br)cc2C)c1. The minimum Gasteiger partial charge on any atom is -0.340 e. The molecule has 0 unspecified atom stereocenters. The van der Waals surface area contributed by atoms with Crippen LogP contribution in [0.25, 0.3) is 0 Å². The van der Waals surface area contributed by atoms with E-state index in [1.165, 1.54) is 12.1 Å². The number of aromatic nitrogens is 1. The number of benzene rings is 1. The Morgan fingerprint density at radius 3 is 2.59 bits per heavy atom. The summed E-state index contributed by atoms with van der Waals surface area (Å²) in [5.41, 5.74) is 2.59. The van der Waals surface area contributed by atoms with Crippen LogP contribution in [0.4, 0.5) is 15.9 Å². The fourth-order valence-corrected chi connectivity index (χ4v) is 2.06. The summed E-state index contributed by atoms with van der Waals surface area (Å²) in [6.45, 7) is 3.81. The molecule has 0 aliphatic heterocycles. The van der Waals surface area contributed by atoms with Crippen molar-refractivity contribution in [3.8, 4) is 0 Å². The number of anilines is 2. The molecule has 88 valence electrons. The van der Waals surface area contributed by atoms with Crippen molar-refractivity contribution in [1.82, 2.24) is 4.98 Å². The van der Waals surface area contributed by atoms with Gasteiger partial charge in [-0.05, 0) is 65.2 Å². The lowest BCUT2D eigenvalue weighted by atomic mass is 10.2. The molecule has 0 amide bonds. The number of aryl methyl sites for hydroxylation is 2. The largest absolute Gasteiger partial charge is 0.340 e. The lowest BCUT2D eigenvalue weighted by molar-refractivity contribution is 0.627. The minimum absolute atomic E-state index is 0.248. The highest BCUT2D eigenvalue weighted by Gasteiger charge is 2.03. The fraction of sp³-hybridized carbons (Fsp3) is 0.154. The molecule has 2 nitrogen and oxygen atoms in total. The molecule has 0 radical (unpaired) electrons. The Balaban J connectivity index is 2.31. The molecule has 2 rings (SSSR count). The van der Waals surface area contributed by atoms with Gasteiger partial charge >= 0.3 is 0 Å². The normalized spacial score (nSPS) is 10.4. The van der Waals surface area contributed by atoms with Crippen LogP contribution in [0.2, 0.25) is 0 Å². The summed E-state index contributed by atoms with van der Waals surface area (Å²) < 4.78 is 14.2. The lowest BCUT2D eigenvalue weighted by Crippen LogP contribution is -1.97. The molecule has 0 aliphatic rings. The summed E-state index contributed by atoms with van der Waals surface area (Å²) >= 11 is 3.35. The van der Waals surface area contributed by atoms with E-state index >= 15 is 0 Å². The van der Waals surface area contributed by atoms with Crippen molar-refractivity contribution in [2.24, 2.45) is 0 Å². The third kappa shape index (κ3) is 3.03. The zero-order valence-electron chi connectivity index (χ0n) is 9.59. The van der Waals surface area contributed by atoms with E-state index in [1.54, 1.807) is 6.20 Å². The Labute approximate surface area is 108 Å². The molecule has 0 atom stereocenters. The Bertz CT molecular complexity index is 535. The smallest absolute Gasteiger partial charge is 0.133 e. The molecular formula is C13H12BrFN2. The molecule has 1 aromatic heterocycles. The van der Waals surface area contributed by atoms with E-state index in [-0.39, 0.29) is 5.82 Å². The van der Waals surface area contributed by atoms with Crippen LogP contribution in [-0.4, -0.2) is 4.98 Å². The lowest BCUT2D eigenvalue weighted by Gasteiger charge is -2.09. The Hall–Kier alpha value is -1.42. The molecule has 0 bridgehead atoms. The molecule has 0 saturated carbocycles. The van der Waals surface area contributed by atoms with Gasteiger partial charge in [0.15, 0.2) is 0 Å². The average Bonchev–Trinajstić information content (AvgIpc) is 2.21. The van der Waals surface area contributed by atoms with Gasteiger partial charge in [-0.1, -0.05) is 0 Å². The first-order valence-corrected chi connectivity index (χ1v) is 6.00. The standard InChI is InChI=1S/C13H12BrFN2/c1-8-3-11(15)6-12(4-8)17-13-9(2)5-10(14)7-16-13/h3-7H,1-2H3,(H,16,17). The maximum Gasteiger partial charge on any atom is 0.133 e. The van der Waals surface area contributed by atoms with E-state index in [9.17, 15) is 4.39 Å². The van der Waals surface area contributed by atoms with Gasteiger partial charge in [0.2, 0.25) is 0 Å². The molecule has 1 aromatic carbocycles. The van der Waals surface area contributed by atoms with Crippen LogP contribution < -0.4 is 5.32 Å². The summed E-state index contributed by atoms with van der Waals surface area (Å²) in [5.74, 6) is 0.487. The summed E-state index contributed by atoms with van der Waals surface area (Å²) in [6.07, 6.45) is 1.71. The summed E-state index contributed by atoms with van der Waals surface area (Å²) in [4.78, 5) is 4.25. The van der Waals surface area contributed by atoms with Gasteiger partial charge in [-0.25, -0.2) is 9.37 Å². The summed E-state index contributed by atoms with van der Waals surface area (Å²) in [7, 11) is 0. The molecule has 4 heteroatoms. The van der Waals surface area contributed by atoms with E-state index in [1.807, 2.05) is 26.0 Å². The summed E-state index contributed by atoms with van der Waals surface area (Å²) in [5, 5.41) is 3.11. The number of hydrogen-bond acceptors (Lipinski definition) is 2. The van der Waals surface area contributed by atoms with Gasteiger partial charge in [-0.15, -0.1) is 0 Å². The van der Waals surface area contributed by atoms with Crippen molar-refractivity contribution >= 4 is 27.4 Å². The van der Waals surface area contributed by atoms with Gasteiger partial charge in [0.1, 0.15) is 11.6 Å². The second-order valence-electron chi connectivity index (χ2n) is 3.96. The van der Waals surface area contributed by atoms with Crippen LogP contribution in [-0.2, 0) is 0 Å². The zero-order valence-corrected chi connectivity index (χ0v) is 11.2. The van der Waals surface area contributed by atoms with E-state index in [4.69, 9.17) is 0 Å². The number of hydrogen-bond donors (Lipinski definition) is 1. The molecule has 0 spiro atoms. The van der Waals surface area contributed by atoms with Crippen LogP contribution in [0.1, 0.15) is 11.1 Å². The number of nitrogens with one attached hydrogen (secondary N) is 1. The second kappa shape index (κ2) is 4.84. The van der Waals surface area contributed by atoms with Crippen molar-refractivity contribution in [2.75, 3.05) is 5.32 Å². The maximum absolute atomic E-state index is 13.2. The molecule has 1 N–H and O–H groups in total. The first-order chi connectivity index (χ1) is 8.04. The van der Waals surface area contributed by atoms with E-state index in [0.717, 1.165) is 21.4 Å². The highest BCUT2D eigenvalue weighted by atomic mass is 79.9. The number of nitrogens with zero attached hydrogens (tertiary/aromatic N) is 1. The van der Waals surface area contributed by atoms with Crippen molar-refractivity contribution in [1.29, 1.82) is 0 Å². The topological polar surface area (TPSA) is 24.9 Å². The molecular weight excluding hydrogens is 283 g/mol. The van der Waals surface area contributed by atoms with Crippen molar-refractivity contribution in [3.05, 3.63) is 51.9 Å². The van der Waals surface area contributed by atoms with Crippen LogP contribution in [0.15, 0.2) is 34.9 Å². The molecule has 2 aromatic rings. The van der Waals surface area contributed by atoms with Gasteiger partial charge < -0.3 is 5.32 Å². The van der Waals surface area contributed by atoms with Crippen LogP contribution in [0, 0.1) is 19.7 Å². The minimum atomic E-state index is -0.248. The zero-order chi connectivity index (χ0) is 12.4. The summed E-state index contributed by atoms with van der Waals surface area (Å²) in [6, 6.07) is 6.79. The highest BCUT2D eigenvalue weighted by Crippen LogP contribution is 2.22. The van der Waals surface area contributed by atoms with Gasteiger partial charge in [0.05, 0.1) is 0 Å². The fourth-order valence-electron chi connectivity index (χ4n) is 1.62. The molecule has 0 saturated heterocycles. The van der Waals surface area contributed by atoms with Gasteiger partial charge in [0.25, 0.3) is 0 Å². The van der Waals surface area contributed by atoms with Crippen LogP contribution in [0.5, 0.6) is 0 Å². The third-order valence-electron chi connectivity index (χ3n) is 2.35. The number of rotatable bonds is 2. The third-order valence-corrected chi connectivity index (χ3v) is 2.78. The predicted octanol–water partition coefficient (Wildman–Crippen LogP) is 4.34. The predicted molar refractivity (Wildman–Crippen MR) is 71.1 cm³/mol. The second-order valence-corrected chi connectivity index (χ2v) is 4.88. The highest BCUT2D eigenvalue weighted by molar-refractivity contribution is 9.10. The van der Waals surface area contributed by atoms with E-state index in [0.29, 0.717) is 5.69 Å². The van der Waals surface area contributed by atoms with Crippen molar-refractivity contribution < 1.29 is 4.39 Å². The quantitative estimate of drug-likeness (QED) is 0.891. The Morgan fingerprint density at radius 1 is 1.18 bits per heavy atom. The maximum atomic E-state index is 13.2. The molecule has 0 fully saturated rings. The number of pyridine rings is 1. The Kier molecular flexibility index (Phi) is 3.43. The van der Waals surface area contributed by atoms with Crippen molar-refractivity contribution in [2.45, 2.75) is 13.8 Å². The molecule has 0 aliphatic carbocycles. The van der Waals surface area contributed by atoms with Crippen LogP contribution in [0.3, 0.4) is 0 Å². The van der Waals surface area contributed by atoms with Gasteiger partial charge in [0, 0.05) is 16.4 Å². The van der Waals surface area contributed by atoms with E-state index in [2.05, 4.69) is 26.2 Å².